The van der Waals surface area contributed by atoms with Gasteiger partial charge in [-0.05, 0) is 30.5 Å². The van der Waals surface area contributed by atoms with E-state index in [1.54, 1.807) is 6.08 Å². The molecule has 0 amide bonds. The van der Waals surface area contributed by atoms with Crippen LogP contribution in [0.5, 0.6) is 5.75 Å². The van der Waals surface area contributed by atoms with Gasteiger partial charge in [0.25, 0.3) is 0 Å². The predicted molar refractivity (Wildman–Crippen MR) is 117 cm³/mol. The summed E-state index contributed by atoms with van der Waals surface area (Å²) >= 11 is 0. The maximum absolute atomic E-state index is 10.6. The zero-order valence-electron chi connectivity index (χ0n) is 17.9. The first kappa shape index (κ1) is 25.2. The molecule has 29 heavy (non-hydrogen) atoms. The Labute approximate surface area is 176 Å². The first-order valence-electron chi connectivity index (χ1n) is 10.9. The van der Waals surface area contributed by atoms with Gasteiger partial charge in [-0.25, -0.2) is 0 Å². The van der Waals surface area contributed by atoms with Crippen LogP contribution in [0.15, 0.2) is 36.9 Å². The number of benzene rings is 1. The van der Waals surface area contributed by atoms with Crippen LogP contribution in [-0.4, -0.2) is 43.6 Å². The normalized spacial score (nSPS) is 11.9. The van der Waals surface area contributed by atoms with E-state index in [0.717, 1.165) is 12.2 Å². The number of hydrogen-bond acceptors (Lipinski definition) is 4. The Balaban J connectivity index is 2.30. The van der Waals surface area contributed by atoms with Crippen molar-refractivity contribution < 1.29 is 24.1 Å². The first-order valence-corrected chi connectivity index (χ1v) is 10.9. The predicted octanol–water partition coefficient (Wildman–Crippen LogP) is 5.42. The van der Waals surface area contributed by atoms with Crippen LogP contribution in [0.2, 0.25) is 0 Å². The number of unbranched alkanes of at least 4 members (excludes halogenated alkanes) is 6. The average molecular weight is 407 g/mol. The number of carboxylic acids is 1. The lowest BCUT2D eigenvalue weighted by molar-refractivity contribution is -0.139. The zero-order chi connectivity index (χ0) is 21.2. The van der Waals surface area contributed by atoms with Crippen LogP contribution < -0.4 is 4.74 Å². The molecule has 0 radical (unpaired) electrons. The minimum absolute atomic E-state index is 0.0364. The zero-order valence-corrected chi connectivity index (χ0v) is 17.9. The second kappa shape index (κ2) is 17.0. The molecular weight excluding hydrogens is 368 g/mol. The number of aryl methyl sites for hydroxylation is 1. The van der Waals surface area contributed by atoms with Crippen LogP contribution in [-0.2, 0) is 20.7 Å². The minimum atomic E-state index is -0.881. The van der Waals surface area contributed by atoms with Gasteiger partial charge in [0.1, 0.15) is 18.5 Å². The van der Waals surface area contributed by atoms with Crippen LogP contribution >= 0.6 is 0 Å². The second-order valence-electron chi connectivity index (χ2n) is 7.29. The van der Waals surface area contributed by atoms with Crippen molar-refractivity contribution >= 4 is 5.97 Å². The Hall–Kier alpha value is -1.85. The van der Waals surface area contributed by atoms with Crippen molar-refractivity contribution in [2.45, 2.75) is 70.8 Å². The number of ether oxygens (including phenoxy) is 3. The Morgan fingerprint density at radius 3 is 2.41 bits per heavy atom. The van der Waals surface area contributed by atoms with Gasteiger partial charge >= 0.3 is 5.97 Å². The van der Waals surface area contributed by atoms with Gasteiger partial charge in [0.2, 0.25) is 0 Å². The molecule has 1 atom stereocenters. The molecule has 0 saturated heterocycles. The van der Waals surface area contributed by atoms with Gasteiger partial charge in [-0.3, -0.25) is 4.79 Å². The highest BCUT2D eigenvalue weighted by atomic mass is 16.6. The molecule has 164 valence electrons. The number of carbonyl (C=O) groups is 1. The van der Waals surface area contributed by atoms with Crippen LogP contribution in [0.25, 0.3) is 0 Å². The summed E-state index contributed by atoms with van der Waals surface area (Å²) in [4.78, 5) is 10.6. The highest BCUT2D eigenvalue weighted by Gasteiger charge is 2.12. The molecule has 5 heteroatoms. The topological polar surface area (TPSA) is 65.0 Å². The monoisotopic (exact) mass is 406 g/mol. The maximum Gasteiger partial charge on any atom is 0.305 e. The molecule has 0 aliphatic carbocycles. The molecule has 1 aromatic rings. The van der Waals surface area contributed by atoms with Crippen molar-refractivity contribution in [1.29, 1.82) is 0 Å². The molecule has 0 aromatic heterocycles. The van der Waals surface area contributed by atoms with Crippen LogP contribution in [0.4, 0.5) is 0 Å². The summed E-state index contributed by atoms with van der Waals surface area (Å²) in [5.74, 6) is -0.0999. The SMILES string of the molecule is C=CCOCC(COc1ccc(CCCCCCCCC)cc1)OCCC(=O)O. The largest absolute Gasteiger partial charge is 0.491 e. The fourth-order valence-electron chi connectivity index (χ4n) is 2.97. The molecular formula is C24H38O5. The third kappa shape index (κ3) is 13.9. The average Bonchev–Trinajstić information content (AvgIpc) is 2.71. The van der Waals surface area contributed by atoms with Gasteiger partial charge in [0, 0.05) is 0 Å². The summed E-state index contributed by atoms with van der Waals surface area (Å²) in [6.45, 7) is 7.07. The summed E-state index contributed by atoms with van der Waals surface area (Å²) in [7, 11) is 0. The van der Waals surface area contributed by atoms with Gasteiger partial charge in [0.05, 0.1) is 26.2 Å². The van der Waals surface area contributed by atoms with Crippen molar-refractivity contribution in [3.63, 3.8) is 0 Å². The lowest BCUT2D eigenvalue weighted by Gasteiger charge is -2.18. The molecule has 0 bridgehead atoms. The molecule has 5 nitrogen and oxygen atoms in total. The van der Waals surface area contributed by atoms with E-state index in [2.05, 4.69) is 25.6 Å². The van der Waals surface area contributed by atoms with Crippen molar-refractivity contribution in [3.05, 3.63) is 42.5 Å². The summed E-state index contributed by atoms with van der Waals surface area (Å²) in [5.41, 5.74) is 1.33. The van der Waals surface area contributed by atoms with E-state index < -0.39 is 5.97 Å². The van der Waals surface area contributed by atoms with E-state index in [9.17, 15) is 4.79 Å². The highest BCUT2D eigenvalue weighted by Crippen LogP contribution is 2.16. The fraction of sp³-hybridized carbons (Fsp3) is 0.625. The van der Waals surface area contributed by atoms with Gasteiger partial charge in [-0.2, -0.15) is 0 Å². The van der Waals surface area contributed by atoms with Crippen molar-refractivity contribution in [2.24, 2.45) is 0 Å². The second-order valence-corrected chi connectivity index (χ2v) is 7.29. The van der Waals surface area contributed by atoms with Crippen LogP contribution in [0.3, 0.4) is 0 Å². The molecule has 0 fully saturated rings. The van der Waals surface area contributed by atoms with Crippen molar-refractivity contribution in [1.82, 2.24) is 0 Å². The maximum atomic E-state index is 10.6. The van der Waals surface area contributed by atoms with Crippen molar-refractivity contribution in [2.75, 3.05) is 26.4 Å². The smallest absolute Gasteiger partial charge is 0.305 e. The van der Waals surface area contributed by atoms with Crippen molar-refractivity contribution in [3.8, 4) is 5.75 Å². The molecule has 1 N–H and O–H groups in total. The molecule has 0 aliphatic heterocycles. The van der Waals surface area contributed by atoms with Gasteiger partial charge in [-0.1, -0.05) is 63.7 Å². The standard InChI is InChI=1S/C24H38O5/c1-3-5-6-7-8-9-10-11-21-12-14-22(15-13-21)29-20-23(19-27-17-4-2)28-18-16-24(25)26/h4,12-15,23H,2-3,5-11,16-20H2,1H3,(H,25,26). The third-order valence-corrected chi connectivity index (χ3v) is 4.64. The molecule has 1 rings (SSSR count). The Bertz CT molecular complexity index is 541. The quantitative estimate of drug-likeness (QED) is 0.245. The van der Waals surface area contributed by atoms with Crippen LogP contribution in [0.1, 0.15) is 63.9 Å². The number of hydrogen-bond donors (Lipinski definition) is 1. The van der Waals surface area contributed by atoms with Gasteiger partial charge in [0.15, 0.2) is 0 Å². The lowest BCUT2D eigenvalue weighted by atomic mass is 10.0. The molecule has 0 saturated carbocycles. The minimum Gasteiger partial charge on any atom is -0.491 e. The summed E-state index contributed by atoms with van der Waals surface area (Å²) in [6, 6.07) is 8.19. The summed E-state index contributed by atoms with van der Waals surface area (Å²) < 4.78 is 16.8. The molecule has 0 heterocycles. The summed E-state index contributed by atoms with van der Waals surface area (Å²) in [6.07, 6.45) is 11.6. The van der Waals surface area contributed by atoms with Crippen LogP contribution in [0, 0.1) is 0 Å². The van der Waals surface area contributed by atoms with E-state index >= 15 is 0 Å². The number of aliphatic carboxylic acids is 1. The molecule has 0 spiro atoms. The third-order valence-electron chi connectivity index (χ3n) is 4.64. The van der Waals surface area contributed by atoms with Gasteiger partial charge in [-0.15, -0.1) is 6.58 Å². The fourth-order valence-corrected chi connectivity index (χ4v) is 2.97. The Morgan fingerprint density at radius 2 is 1.76 bits per heavy atom. The van der Waals surface area contributed by atoms with E-state index in [-0.39, 0.29) is 19.1 Å². The van der Waals surface area contributed by atoms with E-state index in [0.29, 0.717) is 19.8 Å². The Morgan fingerprint density at radius 1 is 1.07 bits per heavy atom. The molecule has 1 aromatic carbocycles. The van der Waals surface area contributed by atoms with Gasteiger partial charge < -0.3 is 19.3 Å². The molecule has 1 unspecified atom stereocenters. The van der Waals surface area contributed by atoms with E-state index in [4.69, 9.17) is 19.3 Å². The highest BCUT2D eigenvalue weighted by molar-refractivity contribution is 5.66. The first-order chi connectivity index (χ1) is 14.2. The number of carboxylic acid groups (broad SMARTS) is 1. The number of rotatable bonds is 19. The molecule has 0 aliphatic rings. The lowest BCUT2D eigenvalue weighted by Crippen LogP contribution is -2.28. The Kier molecular flexibility index (Phi) is 14.8. The van der Waals surface area contributed by atoms with E-state index in [1.165, 1.54) is 50.5 Å². The van der Waals surface area contributed by atoms with E-state index in [1.807, 2.05) is 12.1 Å². The summed E-state index contributed by atoms with van der Waals surface area (Å²) in [5, 5.41) is 8.74.